The minimum atomic E-state index is -1.12. The number of anilines is 1. The van der Waals surface area contributed by atoms with E-state index in [1.807, 2.05) is 25.1 Å². The molecule has 2 heterocycles. The Morgan fingerprint density at radius 2 is 1.98 bits per heavy atom. The molecule has 0 radical (unpaired) electrons. The maximum Gasteiger partial charge on any atom is 0.407 e. The first-order valence-electron chi connectivity index (χ1n) is 14.1. The number of benzene rings is 2. The van der Waals surface area contributed by atoms with Gasteiger partial charge in [-0.1, -0.05) is 47.5 Å². The third-order valence-corrected chi connectivity index (χ3v) is 8.55. The van der Waals surface area contributed by atoms with Crippen molar-refractivity contribution in [3.63, 3.8) is 0 Å². The predicted octanol–water partition coefficient (Wildman–Crippen LogP) is 6.95. The van der Waals surface area contributed by atoms with Crippen molar-refractivity contribution < 1.29 is 18.7 Å². The number of allylic oxidation sites excluding steroid dienone is 4. The molecule has 1 spiro atoms. The molecule has 1 aliphatic carbocycles. The summed E-state index contributed by atoms with van der Waals surface area (Å²) in [5, 5.41) is 10.6. The van der Waals surface area contributed by atoms with Gasteiger partial charge in [0.2, 0.25) is 5.91 Å². The van der Waals surface area contributed by atoms with Crippen molar-refractivity contribution in [2.75, 3.05) is 18.4 Å². The van der Waals surface area contributed by atoms with E-state index < -0.39 is 29.0 Å². The highest BCUT2D eigenvalue weighted by atomic mass is 35.5. The number of aryl methyl sites for hydroxylation is 1. The van der Waals surface area contributed by atoms with Crippen LogP contribution in [-0.2, 0) is 14.9 Å². The van der Waals surface area contributed by atoms with Gasteiger partial charge in [-0.3, -0.25) is 9.79 Å². The number of nitrogens with zero attached hydrogens (tertiary/aromatic N) is 1. The lowest BCUT2D eigenvalue weighted by Gasteiger charge is -2.50. The van der Waals surface area contributed by atoms with Gasteiger partial charge in [0.1, 0.15) is 16.8 Å². The fourth-order valence-corrected chi connectivity index (χ4v) is 6.78. The Balaban J connectivity index is 1.59. The molecule has 3 N–H and O–H groups in total. The molecule has 0 bridgehead atoms. The number of alkyl carbamates (subject to hydrolysis) is 1. The van der Waals surface area contributed by atoms with Crippen molar-refractivity contribution in [2.24, 2.45) is 16.8 Å². The van der Waals surface area contributed by atoms with Gasteiger partial charge in [-0.05, 0) is 93.0 Å². The number of carbonyl (C=O) groups excluding carboxylic acids is 2. The van der Waals surface area contributed by atoms with Crippen LogP contribution in [0.25, 0.3) is 0 Å². The van der Waals surface area contributed by atoms with Crippen LogP contribution in [0, 0.1) is 24.6 Å². The van der Waals surface area contributed by atoms with E-state index in [2.05, 4.69) is 22.0 Å². The van der Waals surface area contributed by atoms with Crippen LogP contribution in [0.1, 0.15) is 56.3 Å². The summed E-state index contributed by atoms with van der Waals surface area (Å²) in [6, 6.07) is 9.41. The van der Waals surface area contributed by atoms with Crippen LogP contribution in [0.3, 0.4) is 0 Å². The average molecular weight is 614 g/mol. The number of halogens is 3. The van der Waals surface area contributed by atoms with Gasteiger partial charge in [0.05, 0.1) is 18.4 Å². The highest BCUT2D eigenvalue weighted by Crippen LogP contribution is 2.57. The number of carbonyl (C=O) groups is 2. The Labute approximate surface area is 255 Å². The van der Waals surface area contributed by atoms with Crippen LogP contribution in [-0.4, -0.2) is 36.5 Å². The summed E-state index contributed by atoms with van der Waals surface area (Å²) in [7, 11) is 0. The van der Waals surface area contributed by atoms with E-state index in [0.29, 0.717) is 40.0 Å². The fourth-order valence-electron chi connectivity index (χ4n) is 6.35. The zero-order valence-electron chi connectivity index (χ0n) is 24.1. The molecule has 10 heteroatoms. The smallest absolute Gasteiger partial charge is 0.407 e. The van der Waals surface area contributed by atoms with Crippen LogP contribution in [0.15, 0.2) is 64.7 Å². The van der Waals surface area contributed by atoms with Crippen LogP contribution < -0.4 is 16.0 Å². The van der Waals surface area contributed by atoms with Crippen molar-refractivity contribution in [3.05, 3.63) is 87.2 Å². The van der Waals surface area contributed by atoms with Crippen LogP contribution in [0.4, 0.5) is 14.9 Å². The minimum absolute atomic E-state index is 0.0987. The molecule has 0 saturated carbocycles. The minimum Gasteiger partial charge on any atom is -0.444 e. The molecule has 4 atom stereocenters. The molecule has 7 nitrogen and oxygen atoms in total. The molecular formula is C32H35Cl2FN4O3. The van der Waals surface area contributed by atoms with Gasteiger partial charge in [0, 0.05) is 28.7 Å². The highest BCUT2D eigenvalue weighted by molar-refractivity contribution is 6.31. The molecule has 5 rings (SSSR count). The summed E-state index contributed by atoms with van der Waals surface area (Å²) in [5.41, 5.74) is 1.22. The number of amides is 2. The number of ether oxygens (including phenoxy) is 1. The van der Waals surface area contributed by atoms with Crippen LogP contribution in [0.2, 0.25) is 5.02 Å². The maximum atomic E-state index is 14.8. The van der Waals surface area contributed by atoms with E-state index in [1.54, 1.807) is 39.0 Å². The Morgan fingerprint density at radius 1 is 1.19 bits per heavy atom. The first-order valence-corrected chi connectivity index (χ1v) is 14.8. The number of aliphatic imine (C=N–C) groups is 1. The molecule has 1 fully saturated rings. The van der Waals surface area contributed by atoms with Gasteiger partial charge in [-0.2, -0.15) is 0 Å². The van der Waals surface area contributed by atoms with Crippen molar-refractivity contribution in [2.45, 2.75) is 57.6 Å². The number of amidine groups is 1. The molecule has 1 unspecified atom stereocenters. The Morgan fingerprint density at radius 3 is 2.71 bits per heavy atom. The first-order chi connectivity index (χ1) is 19.9. The second-order valence-electron chi connectivity index (χ2n) is 12.0. The van der Waals surface area contributed by atoms with Gasteiger partial charge in [-0.25, -0.2) is 9.18 Å². The van der Waals surface area contributed by atoms with Gasteiger partial charge in [-0.15, -0.1) is 0 Å². The molecule has 3 aliphatic rings. The number of piperidine rings is 1. The van der Waals surface area contributed by atoms with E-state index in [1.165, 1.54) is 12.1 Å². The molecule has 2 aliphatic heterocycles. The third kappa shape index (κ3) is 5.92. The van der Waals surface area contributed by atoms with E-state index in [4.69, 9.17) is 32.9 Å². The number of fused-ring (bicyclic) bond motifs is 2. The molecular weight excluding hydrogens is 578 g/mol. The van der Waals surface area contributed by atoms with E-state index >= 15 is 0 Å². The molecule has 2 aromatic carbocycles. The third-order valence-electron chi connectivity index (χ3n) is 8.03. The normalized spacial score (nSPS) is 26.0. The summed E-state index contributed by atoms with van der Waals surface area (Å²) in [6.45, 7) is 7.86. The summed E-state index contributed by atoms with van der Waals surface area (Å²) < 4.78 is 20.1. The van der Waals surface area contributed by atoms with Crippen molar-refractivity contribution >= 4 is 46.7 Å². The maximum absolute atomic E-state index is 14.8. The summed E-state index contributed by atoms with van der Waals surface area (Å²) >= 11 is 12.9. The van der Waals surface area contributed by atoms with Gasteiger partial charge >= 0.3 is 6.09 Å². The average Bonchev–Trinajstić information content (AvgIpc) is 3.18. The first kappa shape index (κ1) is 30.1. The number of hydrogen-bond acceptors (Lipinski definition) is 4. The summed E-state index contributed by atoms with van der Waals surface area (Å²) in [5.74, 6) is -0.299. The second kappa shape index (κ2) is 11.7. The standard InChI is InChI=1S/C32H35Cl2FN4O3/c1-18-8-10-22(35)16-23(18)28-32(24-11-9-21(34)15-26(24)38-29(32)40)25(19-6-5-7-20(33)14-19)17-27(39-28)36-12-13-37-30(41)42-31(2,3)4/h5-11,15-16,19,25,28H,12-14,17H2,1-4H3,(H,36,39)(H,37,41)(H,38,40)/t19?,25-,28+,32-/m0/s1. The second-order valence-corrected chi connectivity index (χ2v) is 12.9. The van der Waals surface area contributed by atoms with E-state index in [-0.39, 0.29) is 30.8 Å². The molecule has 2 amide bonds. The highest BCUT2D eigenvalue weighted by Gasteiger charge is 2.61. The molecule has 1 saturated heterocycles. The van der Waals surface area contributed by atoms with Crippen molar-refractivity contribution in [1.82, 2.24) is 10.6 Å². The zero-order valence-corrected chi connectivity index (χ0v) is 25.6. The summed E-state index contributed by atoms with van der Waals surface area (Å²) in [4.78, 5) is 31.3. The zero-order chi connectivity index (χ0) is 30.2. The quantitative estimate of drug-likeness (QED) is 0.319. The Bertz CT molecular complexity index is 1500. The van der Waals surface area contributed by atoms with E-state index in [0.717, 1.165) is 11.1 Å². The lowest BCUT2D eigenvalue weighted by atomic mass is 9.56. The molecule has 2 aromatic rings. The number of rotatable bonds is 5. The van der Waals surface area contributed by atoms with Gasteiger partial charge in [0.25, 0.3) is 0 Å². The molecule has 42 heavy (non-hydrogen) atoms. The van der Waals surface area contributed by atoms with E-state index in [9.17, 15) is 14.0 Å². The Hall–Kier alpha value is -3.36. The molecule has 222 valence electrons. The lowest BCUT2D eigenvalue weighted by Crippen LogP contribution is -2.59. The predicted molar refractivity (Wildman–Crippen MR) is 165 cm³/mol. The molecule has 0 aromatic heterocycles. The monoisotopic (exact) mass is 612 g/mol. The SMILES string of the molecule is Cc1ccc(F)cc1[C@H]1NC(=NCCNC(=O)OC(C)(C)C)C[C@@H](C2C=CC=C(Cl)C2)[C@]12C(=O)Nc1cc(Cl)ccc12. The van der Waals surface area contributed by atoms with Gasteiger partial charge < -0.3 is 20.7 Å². The topological polar surface area (TPSA) is 91.8 Å². The number of hydrogen-bond donors (Lipinski definition) is 3. The number of nitrogens with one attached hydrogen (secondary N) is 3. The van der Waals surface area contributed by atoms with Gasteiger partial charge in [0.15, 0.2) is 0 Å². The largest absolute Gasteiger partial charge is 0.444 e. The fraction of sp³-hybridized carbons (Fsp3) is 0.406. The summed E-state index contributed by atoms with van der Waals surface area (Å²) in [6.07, 6.45) is 6.35. The van der Waals surface area contributed by atoms with Crippen LogP contribution in [0.5, 0.6) is 0 Å². The van der Waals surface area contributed by atoms with Crippen molar-refractivity contribution in [1.29, 1.82) is 0 Å². The Kier molecular flexibility index (Phi) is 8.41. The van der Waals surface area contributed by atoms with Crippen LogP contribution >= 0.6 is 23.2 Å². The lowest BCUT2D eigenvalue weighted by molar-refractivity contribution is -0.125. The van der Waals surface area contributed by atoms with Crippen molar-refractivity contribution in [3.8, 4) is 0 Å².